The summed E-state index contributed by atoms with van der Waals surface area (Å²) in [6, 6.07) is 5.19. The van der Waals surface area contributed by atoms with Crippen LogP contribution in [0.3, 0.4) is 0 Å². The van der Waals surface area contributed by atoms with Crippen molar-refractivity contribution in [2.24, 2.45) is 11.8 Å². The largest absolute Gasteiger partial charge is 0.416 e. The van der Waals surface area contributed by atoms with Crippen LogP contribution in [0.15, 0.2) is 24.3 Å². The summed E-state index contributed by atoms with van der Waals surface area (Å²) in [5.74, 6) is 0.657. The van der Waals surface area contributed by atoms with E-state index in [0.29, 0.717) is 43.7 Å². The van der Waals surface area contributed by atoms with E-state index in [-0.39, 0.29) is 13.1 Å². The lowest BCUT2D eigenvalue weighted by molar-refractivity contribution is -0.137. The standard InChI is InChI=1S/C18H26F3N3O2S/c1-14-10-15(2)13-24(12-14)27(25,26)23-8-6-22(7-9-23)17-5-3-4-16(11-17)18(19,20)21/h3-5,11,14-15H,6-10,12-13H2,1-2H3/t14-,15-/m0/s1. The third-order valence-corrected chi connectivity index (χ3v) is 7.23. The second kappa shape index (κ2) is 7.60. The van der Waals surface area contributed by atoms with Crippen LogP contribution in [0, 0.1) is 11.8 Å². The Hall–Kier alpha value is -1.32. The molecule has 0 saturated carbocycles. The number of nitrogens with zero attached hydrogens (tertiary/aromatic N) is 3. The van der Waals surface area contributed by atoms with E-state index in [1.165, 1.54) is 10.4 Å². The number of alkyl halides is 3. The fourth-order valence-electron chi connectivity index (χ4n) is 4.01. The molecule has 3 rings (SSSR count). The van der Waals surface area contributed by atoms with Crippen molar-refractivity contribution >= 4 is 15.9 Å². The quantitative estimate of drug-likeness (QED) is 0.777. The van der Waals surface area contributed by atoms with Crippen molar-refractivity contribution in [2.75, 3.05) is 44.2 Å². The molecule has 152 valence electrons. The van der Waals surface area contributed by atoms with Crippen LogP contribution in [0.2, 0.25) is 0 Å². The fourth-order valence-corrected chi connectivity index (χ4v) is 5.85. The van der Waals surface area contributed by atoms with E-state index in [9.17, 15) is 21.6 Å². The molecule has 0 bridgehead atoms. The van der Waals surface area contributed by atoms with E-state index in [1.54, 1.807) is 10.4 Å². The van der Waals surface area contributed by atoms with Crippen LogP contribution < -0.4 is 4.90 Å². The summed E-state index contributed by atoms with van der Waals surface area (Å²) >= 11 is 0. The molecule has 0 unspecified atom stereocenters. The highest BCUT2D eigenvalue weighted by Crippen LogP contribution is 2.32. The van der Waals surface area contributed by atoms with E-state index in [1.807, 2.05) is 4.90 Å². The lowest BCUT2D eigenvalue weighted by atomic mass is 9.94. The Morgan fingerprint density at radius 1 is 0.963 bits per heavy atom. The lowest BCUT2D eigenvalue weighted by Gasteiger charge is -2.40. The number of hydrogen-bond donors (Lipinski definition) is 0. The molecule has 9 heteroatoms. The minimum Gasteiger partial charge on any atom is -0.369 e. The van der Waals surface area contributed by atoms with Crippen molar-refractivity contribution in [1.29, 1.82) is 0 Å². The lowest BCUT2D eigenvalue weighted by Crippen LogP contribution is -2.55. The zero-order chi connectivity index (χ0) is 19.8. The molecule has 0 aromatic heterocycles. The predicted octanol–water partition coefficient (Wildman–Crippen LogP) is 3.05. The maximum absolute atomic E-state index is 12.9. The third kappa shape index (κ3) is 4.57. The normalized spacial score (nSPS) is 26.3. The smallest absolute Gasteiger partial charge is 0.369 e. The molecule has 2 fully saturated rings. The number of halogens is 3. The van der Waals surface area contributed by atoms with Crippen molar-refractivity contribution in [3.63, 3.8) is 0 Å². The molecular weight excluding hydrogens is 379 g/mol. The predicted molar refractivity (Wildman–Crippen MR) is 98.7 cm³/mol. The van der Waals surface area contributed by atoms with Crippen molar-refractivity contribution in [3.8, 4) is 0 Å². The molecule has 2 saturated heterocycles. The zero-order valence-corrected chi connectivity index (χ0v) is 16.4. The Morgan fingerprint density at radius 3 is 2.11 bits per heavy atom. The molecule has 5 nitrogen and oxygen atoms in total. The summed E-state index contributed by atoms with van der Waals surface area (Å²) in [5, 5.41) is 0. The van der Waals surface area contributed by atoms with E-state index >= 15 is 0 Å². The molecule has 0 N–H and O–H groups in total. The van der Waals surface area contributed by atoms with Crippen LogP contribution in [-0.2, 0) is 16.4 Å². The van der Waals surface area contributed by atoms with E-state index in [2.05, 4.69) is 13.8 Å². The first-order valence-electron chi connectivity index (χ1n) is 9.25. The van der Waals surface area contributed by atoms with Gasteiger partial charge < -0.3 is 4.90 Å². The number of piperazine rings is 1. The summed E-state index contributed by atoms with van der Waals surface area (Å²) < 4.78 is 67.6. The molecule has 0 radical (unpaired) electrons. The minimum atomic E-state index is -4.39. The van der Waals surface area contributed by atoms with Crippen molar-refractivity contribution in [2.45, 2.75) is 26.4 Å². The number of piperidine rings is 1. The molecule has 2 heterocycles. The van der Waals surface area contributed by atoms with Gasteiger partial charge in [0, 0.05) is 45.0 Å². The average molecular weight is 405 g/mol. The van der Waals surface area contributed by atoms with Gasteiger partial charge in [-0.3, -0.25) is 0 Å². The topological polar surface area (TPSA) is 43.9 Å². The summed E-state index contributed by atoms with van der Waals surface area (Å²) in [6.07, 6.45) is -3.36. The van der Waals surface area contributed by atoms with Crippen LogP contribution in [0.25, 0.3) is 0 Å². The Labute approximate surface area is 158 Å². The zero-order valence-electron chi connectivity index (χ0n) is 15.6. The van der Waals surface area contributed by atoms with Gasteiger partial charge in [0.2, 0.25) is 0 Å². The van der Waals surface area contributed by atoms with E-state index in [0.717, 1.165) is 18.6 Å². The molecule has 2 aliphatic heterocycles. The highest BCUT2D eigenvalue weighted by atomic mass is 32.2. The molecule has 2 aliphatic rings. The van der Waals surface area contributed by atoms with Gasteiger partial charge in [-0.25, -0.2) is 0 Å². The maximum atomic E-state index is 12.9. The first-order chi connectivity index (χ1) is 12.6. The van der Waals surface area contributed by atoms with Gasteiger partial charge in [-0.2, -0.15) is 30.2 Å². The molecule has 1 aromatic rings. The third-order valence-electron chi connectivity index (χ3n) is 5.27. The highest BCUT2D eigenvalue weighted by Gasteiger charge is 2.36. The molecule has 1 aromatic carbocycles. The Morgan fingerprint density at radius 2 is 1.56 bits per heavy atom. The molecule has 0 spiro atoms. The first-order valence-corrected chi connectivity index (χ1v) is 10.6. The second-order valence-corrected chi connectivity index (χ2v) is 9.63. The monoisotopic (exact) mass is 405 g/mol. The van der Waals surface area contributed by atoms with Crippen LogP contribution in [0.1, 0.15) is 25.8 Å². The van der Waals surface area contributed by atoms with Crippen LogP contribution >= 0.6 is 0 Å². The van der Waals surface area contributed by atoms with Gasteiger partial charge in [-0.05, 0) is 36.5 Å². The Kier molecular flexibility index (Phi) is 5.74. The number of rotatable bonds is 3. The number of anilines is 1. The molecular formula is C18H26F3N3O2S. The van der Waals surface area contributed by atoms with E-state index < -0.39 is 21.9 Å². The van der Waals surface area contributed by atoms with Crippen molar-refractivity contribution in [3.05, 3.63) is 29.8 Å². The number of benzene rings is 1. The van der Waals surface area contributed by atoms with Gasteiger partial charge in [0.05, 0.1) is 5.56 Å². The Bertz CT molecular complexity index is 751. The summed E-state index contributed by atoms with van der Waals surface area (Å²) in [6.45, 7) is 6.48. The van der Waals surface area contributed by atoms with Crippen LogP contribution in [0.5, 0.6) is 0 Å². The summed E-state index contributed by atoms with van der Waals surface area (Å²) in [7, 11) is -3.53. The van der Waals surface area contributed by atoms with Gasteiger partial charge in [-0.15, -0.1) is 0 Å². The van der Waals surface area contributed by atoms with Gasteiger partial charge in [-0.1, -0.05) is 19.9 Å². The van der Waals surface area contributed by atoms with Crippen LogP contribution in [-0.4, -0.2) is 56.3 Å². The number of hydrogen-bond acceptors (Lipinski definition) is 3. The van der Waals surface area contributed by atoms with E-state index in [4.69, 9.17) is 0 Å². The first kappa shape index (κ1) is 20.4. The van der Waals surface area contributed by atoms with Crippen molar-refractivity contribution in [1.82, 2.24) is 8.61 Å². The average Bonchev–Trinajstić information content (AvgIpc) is 2.60. The van der Waals surface area contributed by atoms with Gasteiger partial charge in [0.1, 0.15) is 0 Å². The highest BCUT2D eigenvalue weighted by molar-refractivity contribution is 7.86. The molecule has 0 amide bonds. The maximum Gasteiger partial charge on any atom is 0.416 e. The summed E-state index contributed by atoms with van der Waals surface area (Å²) in [4.78, 5) is 1.81. The van der Waals surface area contributed by atoms with Gasteiger partial charge in [0.25, 0.3) is 10.2 Å². The molecule has 2 atom stereocenters. The SMILES string of the molecule is C[C@H]1C[C@H](C)CN(S(=O)(=O)N2CCN(c3cccc(C(F)(F)F)c3)CC2)C1. The second-order valence-electron chi connectivity index (χ2n) is 7.70. The van der Waals surface area contributed by atoms with Crippen molar-refractivity contribution < 1.29 is 21.6 Å². The molecule has 27 heavy (non-hydrogen) atoms. The Balaban J connectivity index is 1.67. The van der Waals surface area contributed by atoms with Gasteiger partial charge >= 0.3 is 6.18 Å². The summed E-state index contributed by atoms with van der Waals surface area (Å²) in [5.41, 5.74) is -0.214. The fraction of sp³-hybridized carbons (Fsp3) is 0.667. The minimum absolute atomic E-state index is 0.276. The molecule has 0 aliphatic carbocycles. The van der Waals surface area contributed by atoms with Gasteiger partial charge in [0.15, 0.2) is 0 Å². The van der Waals surface area contributed by atoms with Crippen LogP contribution in [0.4, 0.5) is 18.9 Å².